The number of hydrogen-bond donors (Lipinski definition) is 0. The third-order valence-corrected chi connectivity index (χ3v) is 6.99. The Kier molecular flexibility index (Phi) is 5.45. The molecule has 6 heteroatoms. The lowest BCUT2D eigenvalue weighted by Gasteiger charge is -2.35. The van der Waals surface area contributed by atoms with Crippen molar-refractivity contribution in [2.75, 3.05) is 18.8 Å². The Morgan fingerprint density at radius 3 is 2.67 bits per heavy atom. The van der Waals surface area contributed by atoms with Crippen molar-refractivity contribution in [3.8, 4) is 10.4 Å². The van der Waals surface area contributed by atoms with Crippen molar-refractivity contribution in [2.24, 2.45) is 11.8 Å². The van der Waals surface area contributed by atoms with Crippen LogP contribution in [0.5, 0.6) is 0 Å². The van der Waals surface area contributed by atoms with E-state index in [0.29, 0.717) is 17.6 Å². The molecule has 3 aromatic rings. The smallest absolute Gasteiger partial charge is 0.233 e. The molecule has 0 bridgehead atoms. The fourth-order valence-electron chi connectivity index (χ4n) is 3.78. The number of rotatable bonds is 4. The van der Waals surface area contributed by atoms with Crippen LogP contribution < -0.4 is 0 Å². The first kappa shape index (κ1) is 18.4. The predicted molar refractivity (Wildman–Crippen MR) is 113 cm³/mol. The molecule has 3 heterocycles. The van der Waals surface area contributed by atoms with Crippen molar-refractivity contribution < 1.29 is 4.79 Å². The van der Waals surface area contributed by atoms with Gasteiger partial charge in [0.15, 0.2) is 0 Å². The number of amides is 1. The van der Waals surface area contributed by atoms with Crippen molar-refractivity contribution in [3.05, 3.63) is 42.7 Å². The standard InChI is InChI=1S/C21H23N3OS2/c1-14-8-15(2)11-24(10-14)19(25)12-26-20-17-9-18(16-6-4-3-5-7-16)27-21(17)23-13-22-20/h3-7,9,13-15H,8,10-12H2,1-2H3/t14-,15+. The number of thioether (sulfide) groups is 1. The number of hydrogen-bond acceptors (Lipinski definition) is 5. The topological polar surface area (TPSA) is 46.1 Å². The van der Waals surface area contributed by atoms with Gasteiger partial charge in [0.1, 0.15) is 16.2 Å². The number of piperidine rings is 1. The number of aromatic nitrogens is 2. The van der Waals surface area contributed by atoms with Gasteiger partial charge in [0.2, 0.25) is 5.91 Å². The number of likely N-dealkylation sites (tertiary alicyclic amines) is 1. The summed E-state index contributed by atoms with van der Waals surface area (Å²) in [6.45, 7) is 6.21. The number of nitrogens with zero attached hydrogens (tertiary/aromatic N) is 3. The van der Waals surface area contributed by atoms with E-state index in [1.165, 1.54) is 28.6 Å². The summed E-state index contributed by atoms with van der Waals surface area (Å²) in [5.41, 5.74) is 1.18. The Hall–Kier alpha value is -1.92. The fourth-order valence-corrected chi connectivity index (χ4v) is 5.73. The van der Waals surface area contributed by atoms with Crippen molar-refractivity contribution in [3.63, 3.8) is 0 Å². The molecular formula is C21H23N3OS2. The van der Waals surface area contributed by atoms with E-state index in [9.17, 15) is 4.79 Å². The molecule has 0 aliphatic carbocycles. The van der Waals surface area contributed by atoms with Crippen molar-refractivity contribution in [2.45, 2.75) is 25.3 Å². The average molecular weight is 398 g/mol. The lowest BCUT2D eigenvalue weighted by molar-refractivity contribution is -0.130. The molecule has 0 saturated carbocycles. The Labute approximate surface area is 168 Å². The van der Waals surface area contributed by atoms with E-state index in [4.69, 9.17) is 0 Å². The lowest BCUT2D eigenvalue weighted by Crippen LogP contribution is -2.43. The van der Waals surface area contributed by atoms with Crippen LogP contribution in [0.2, 0.25) is 0 Å². The van der Waals surface area contributed by atoms with Gasteiger partial charge in [-0.3, -0.25) is 4.79 Å². The largest absolute Gasteiger partial charge is 0.341 e. The minimum atomic E-state index is 0.212. The van der Waals surface area contributed by atoms with Gasteiger partial charge in [0, 0.05) is 23.4 Å². The molecule has 0 radical (unpaired) electrons. The van der Waals surface area contributed by atoms with E-state index in [0.717, 1.165) is 28.3 Å². The summed E-state index contributed by atoms with van der Waals surface area (Å²) in [6, 6.07) is 12.5. The van der Waals surface area contributed by atoms with Gasteiger partial charge in [0.05, 0.1) is 5.75 Å². The zero-order chi connectivity index (χ0) is 18.8. The van der Waals surface area contributed by atoms with Gasteiger partial charge < -0.3 is 4.90 Å². The van der Waals surface area contributed by atoms with Gasteiger partial charge in [-0.05, 0) is 29.9 Å². The van der Waals surface area contributed by atoms with Crippen LogP contribution in [0.1, 0.15) is 20.3 Å². The second kappa shape index (κ2) is 7.98. The molecule has 2 atom stereocenters. The molecule has 0 N–H and O–H groups in total. The molecule has 4 nitrogen and oxygen atoms in total. The van der Waals surface area contributed by atoms with E-state index in [1.54, 1.807) is 17.7 Å². The van der Waals surface area contributed by atoms with E-state index in [2.05, 4.69) is 42.0 Å². The van der Waals surface area contributed by atoms with Gasteiger partial charge in [-0.1, -0.05) is 55.9 Å². The second-order valence-electron chi connectivity index (χ2n) is 7.41. The Bertz CT molecular complexity index is 931. The maximum atomic E-state index is 12.7. The summed E-state index contributed by atoms with van der Waals surface area (Å²) in [4.78, 5) is 25.7. The molecule has 1 aliphatic heterocycles. The third-order valence-electron chi connectivity index (χ3n) is 4.91. The number of fused-ring (bicyclic) bond motifs is 1. The molecule has 1 aliphatic rings. The molecule has 140 valence electrons. The van der Waals surface area contributed by atoms with Crippen LogP contribution >= 0.6 is 23.1 Å². The highest BCUT2D eigenvalue weighted by Crippen LogP contribution is 2.36. The summed E-state index contributed by atoms with van der Waals surface area (Å²) in [5.74, 6) is 1.81. The first-order valence-corrected chi connectivity index (χ1v) is 11.1. The van der Waals surface area contributed by atoms with Crippen LogP contribution in [0.15, 0.2) is 47.8 Å². The quantitative estimate of drug-likeness (QED) is 0.461. The maximum Gasteiger partial charge on any atom is 0.233 e. The first-order valence-electron chi connectivity index (χ1n) is 9.30. The summed E-state index contributed by atoms with van der Waals surface area (Å²) < 4.78 is 0. The van der Waals surface area contributed by atoms with Crippen LogP contribution in [0.4, 0.5) is 0 Å². The molecule has 0 unspecified atom stereocenters. The monoisotopic (exact) mass is 397 g/mol. The Morgan fingerprint density at radius 1 is 1.19 bits per heavy atom. The van der Waals surface area contributed by atoms with Crippen LogP contribution in [-0.4, -0.2) is 39.6 Å². The molecule has 27 heavy (non-hydrogen) atoms. The fraction of sp³-hybridized carbons (Fsp3) is 0.381. The van der Waals surface area contributed by atoms with Gasteiger partial charge in [-0.2, -0.15) is 0 Å². The zero-order valence-electron chi connectivity index (χ0n) is 15.6. The predicted octanol–water partition coefficient (Wildman–Crippen LogP) is 4.95. The summed E-state index contributed by atoms with van der Waals surface area (Å²) in [5, 5.41) is 1.93. The highest BCUT2D eigenvalue weighted by molar-refractivity contribution is 8.00. The third kappa shape index (κ3) is 4.17. The van der Waals surface area contributed by atoms with Gasteiger partial charge in [-0.15, -0.1) is 11.3 Å². The first-order chi connectivity index (χ1) is 13.1. The number of thiophene rings is 1. The van der Waals surface area contributed by atoms with Crippen molar-refractivity contribution >= 4 is 39.2 Å². The van der Waals surface area contributed by atoms with Crippen molar-refractivity contribution in [1.29, 1.82) is 0 Å². The van der Waals surface area contributed by atoms with Crippen LogP contribution in [-0.2, 0) is 4.79 Å². The molecule has 1 saturated heterocycles. The van der Waals surface area contributed by atoms with Gasteiger partial charge >= 0.3 is 0 Å². The number of carbonyl (C=O) groups excluding carboxylic acids is 1. The Morgan fingerprint density at radius 2 is 1.93 bits per heavy atom. The maximum absolute atomic E-state index is 12.7. The van der Waals surface area contributed by atoms with Crippen molar-refractivity contribution in [1.82, 2.24) is 14.9 Å². The minimum absolute atomic E-state index is 0.212. The highest BCUT2D eigenvalue weighted by atomic mass is 32.2. The molecule has 1 fully saturated rings. The van der Waals surface area contributed by atoms with Crippen LogP contribution in [0.3, 0.4) is 0 Å². The second-order valence-corrected chi connectivity index (χ2v) is 9.40. The normalized spacial score (nSPS) is 20.1. The van der Waals surface area contributed by atoms with Gasteiger partial charge in [0.25, 0.3) is 0 Å². The molecule has 0 spiro atoms. The summed E-state index contributed by atoms with van der Waals surface area (Å²) >= 11 is 3.19. The SMILES string of the molecule is C[C@@H]1C[C@H](C)CN(C(=O)CSc2ncnc3sc(-c4ccccc4)cc23)C1. The molecule has 1 amide bonds. The van der Waals surface area contributed by atoms with E-state index in [1.807, 2.05) is 23.1 Å². The molecule has 1 aromatic carbocycles. The number of benzene rings is 1. The summed E-state index contributed by atoms with van der Waals surface area (Å²) in [6.07, 6.45) is 2.81. The van der Waals surface area contributed by atoms with E-state index < -0.39 is 0 Å². The average Bonchev–Trinajstić information content (AvgIpc) is 3.11. The van der Waals surface area contributed by atoms with Crippen LogP contribution in [0, 0.1) is 11.8 Å². The molecular weight excluding hydrogens is 374 g/mol. The zero-order valence-corrected chi connectivity index (χ0v) is 17.2. The minimum Gasteiger partial charge on any atom is -0.341 e. The van der Waals surface area contributed by atoms with Crippen LogP contribution in [0.25, 0.3) is 20.7 Å². The molecule has 2 aromatic heterocycles. The highest BCUT2D eigenvalue weighted by Gasteiger charge is 2.25. The molecule has 4 rings (SSSR count). The van der Waals surface area contributed by atoms with E-state index in [-0.39, 0.29) is 5.91 Å². The van der Waals surface area contributed by atoms with E-state index >= 15 is 0 Å². The summed E-state index contributed by atoms with van der Waals surface area (Å²) in [7, 11) is 0. The Balaban J connectivity index is 1.50. The van der Waals surface area contributed by atoms with Gasteiger partial charge in [-0.25, -0.2) is 9.97 Å². The number of carbonyl (C=O) groups is 1. The lowest BCUT2D eigenvalue weighted by atomic mass is 9.92.